The first-order valence-corrected chi connectivity index (χ1v) is 8.09. The highest BCUT2D eigenvalue weighted by molar-refractivity contribution is 9.10. The predicted octanol–water partition coefficient (Wildman–Crippen LogP) is 3.36. The van der Waals surface area contributed by atoms with Crippen LogP contribution in [0.5, 0.6) is 0 Å². The van der Waals surface area contributed by atoms with Crippen LogP contribution in [-0.4, -0.2) is 36.0 Å². The third-order valence-corrected chi connectivity index (χ3v) is 4.51. The molecule has 1 aromatic rings. The van der Waals surface area contributed by atoms with E-state index in [4.69, 9.17) is 0 Å². The van der Waals surface area contributed by atoms with E-state index in [0.717, 1.165) is 35.1 Å². The molecular formula is C16H23BrN2O. The van der Waals surface area contributed by atoms with Gasteiger partial charge in [-0.2, -0.15) is 0 Å². The van der Waals surface area contributed by atoms with Gasteiger partial charge in [0, 0.05) is 23.1 Å². The molecule has 110 valence electrons. The Morgan fingerprint density at radius 1 is 1.50 bits per heavy atom. The zero-order chi connectivity index (χ0) is 14.7. The number of carbonyl (C=O) groups excluding carboxylic acids is 1. The Morgan fingerprint density at radius 3 is 2.85 bits per heavy atom. The molecule has 3 nitrogen and oxygen atoms in total. The van der Waals surface area contributed by atoms with Crippen LogP contribution < -0.4 is 5.32 Å². The fourth-order valence-corrected chi connectivity index (χ4v) is 3.05. The third-order valence-electron chi connectivity index (χ3n) is 3.82. The Balaban J connectivity index is 2.19. The van der Waals surface area contributed by atoms with Crippen molar-refractivity contribution in [3.8, 4) is 0 Å². The molecule has 20 heavy (non-hydrogen) atoms. The number of rotatable bonds is 4. The highest BCUT2D eigenvalue weighted by Gasteiger charge is 2.25. The molecule has 1 aliphatic rings. The molecule has 1 amide bonds. The molecule has 4 heteroatoms. The van der Waals surface area contributed by atoms with Crippen LogP contribution in [0.2, 0.25) is 0 Å². The normalized spacial score (nSPS) is 18.6. The smallest absolute Gasteiger partial charge is 0.255 e. The van der Waals surface area contributed by atoms with Crippen molar-refractivity contribution in [2.45, 2.75) is 45.7 Å². The van der Waals surface area contributed by atoms with Gasteiger partial charge in [0.15, 0.2) is 0 Å². The van der Waals surface area contributed by atoms with Crippen molar-refractivity contribution in [1.82, 2.24) is 10.2 Å². The molecule has 1 aromatic carbocycles. The van der Waals surface area contributed by atoms with Crippen LogP contribution in [0.1, 0.15) is 42.6 Å². The van der Waals surface area contributed by atoms with Crippen LogP contribution >= 0.6 is 15.9 Å². The van der Waals surface area contributed by atoms with Crippen molar-refractivity contribution >= 4 is 21.8 Å². The first-order valence-electron chi connectivity index (χ1n) is 7.29. The molecule has 2 rings (SSSR count). The van der Waals surface area contributed by atoms with Crippen LogP contribution in [-0.2, 0) is 0 Å². The minimum atomic E-state index is 0.115. The summed E-state index contributed by atoms with van der Waals surface area (Å²) in [5.74, 6) is 0.115. The van der Waals surface area contributed by atoms with Crippen LogP contribution in [0, 0.1) is 6.92 Å². The lowest BCUT2D eigenvalue weighted by atomic mass is 10.1. The number of nitrogens with one attached hydrogen (secondary N) is 1. The molecule has 1 N–H and O–H groups in total. The zero-order valence-corrected chi connectivity index (χ0v) is 14.0. The van der Waals surface area contributed by atoms with Crippen molar-refractivity contribution in [3.63, 3.8) is 0 Å². The van der Waals surface area contributed by atoms with Gasteiger partial charge in [0.2, 0.25) is 0 Å². The maximum atomic E-state index is 12.8. The zero-order valence-electron chi connectivity index (χ0n) is 12.4. The molecule has 0 aliphatic carbocycles. The van der Waals surface area contributed by atoms with E-state index in [0.29, 0.717) is 6.04 Å². The minimum Gasteiger partial charge on any atom is -0.335 e. The van der Waals surface area contributed by atoms with E-state index in [9.17, 15) is 4.79 Å². The summed E-state index contributed by atoms with van der Waals surface area (Å²) in [4.78, 5) is 14.8. The fraction of sp³-hybridized carbons (Fsp3) is 0.562. The van der Waals surface area contributed by atoms with Crippen LogP contribution in [0.3, 0.4) is 0 Å². The van der Waals surface area contributed by atoms with E-state index in [1.54, 1.807) is 0 Å². The maximum absolute atomic E-state index is 12.8. The average Bonchev–Trinajstić information content (AvgIpc) is 2.90. The van der Waals surface area contributed by atoms with Crippen LogP contribution in [0.15, 0.2) is 22.7 Å². The second kappa shape index (κ2) is 6.72. The molecule has 1 fully saturated rings. The highest BCUT2D eigenvalue weighted by atomic mass is 79.9. The lowest BCUT2D eigenvalue weighted by Crippen LogP contribution is -2.44. The standard InChI is InChI=1S/C16H23BrN2O/c1-11(2)19(10-13-5-4-8-18-13)16(20)14-9-12(3)6-7-15(14)17/h6-7,9,11,13,18H,4-5,8,10H2,1-3H3. The number of amides is 1. The lowest BCUT2D eigenvalue weighted by molar-refractivity contribution is 0.0688. The Hall–Kier alpha value is -0.870. The molecule has 1 unspecified atom stereocenters. The summed E-state index contributed by atoms with van der Waals surface area (Å²) in [6, 6.07) is 6.57. The highest BCUT2D eigenvalue weighted by Crippen LogP contribution is 2.21. The summed E-state index contributed by atoms with van der Waals surface area (Å²) in [7, 11) is 0. The number of nitrogens with zero attached hydrogens (tertiary/aromatic N) is 1. The topological polar surface area (TPSA) is 32.3 Å². The molecule has 0 saturated carbocycles. The average molecular weight is 339 g/mol. The molecule has 0 bridgehead atoms. The fourth-order valence-electron chi connectivity index (χ4n) is 2.64. The van der Waals surface area contributed by atoms with Crippen molar-refractivity contribution < 1.29 is 4.79 Å². The van der Waals surface area contributed by atoms with Crippen LogP contribution in [0.25, 0.3) is 0 Å². The number of hydrogen-bond acceptors (Lipinski definition) is 2. The molecule has 1 heterocycles. The summed E-state index contributed by atoms with van der Waals surface area (Å²) in [5, 5.41) is 3.47. The molecule has 1 atom stereocenters. The maximum Gasteiger partial charge on any atom is 0.255 e. The SMILES string of the molecule is Cc1ccc(Br)c(C(=O)N(CC2CCCN2)C(C)C)c1. The molecule has 0 radical (unpaired) electrons. The van der Waals surface area contributed by atoms with E-state index in [1.165, 1.54) is 6.42 Å². The van der Waals surface area contributed by atoms with Crippen LogP contribution in [0.4, 0.5) is 0 Å². The van der Waals surface area contributed by atoms with E-state index in [2.05, 4.69) is 35.1 Å². The van der Waals surface area contributed by atoms with Gasteiger partial charge >= 0.3 is 0 Å². The Morgan fingerprint density at radius 2 is 2.25 bits per heavy atom. The molecule has 0 aromatic heterocycles. The monoisotopic (exact) mass is 338 g/mol. The second-order valence-corrected chi connectivity index (χ2v) is 6.68. The van der Waals surface area contributed by atoms with Gasteiger partial charge in [0.25, 0.3) is 5.91 Å². The lowest BCUT2D eigenvalue weighted by Gasteiger charge is -2.30. The molecule has 1 saturated heterocycles. The molecule has 1 aliphatic heterocycles. The van der Waals surface area contributed by atoms with Crippen molar-refractivity contribution in [1.29, 1.82) is 0 Å². The van der Waals surface area contributed by atoms with E-state index in [1.807, 2.05) is 30.0 Å². The minimum absolute atomic E-state index is 0.115. The number of hydrogen-bond donors (Lipinski definition) is 1. The van der Waals surface area contributed by atoms with Crippen molar-refractivity contribution in [3.05, 3.63) is 33.8 Å². The van der Waals surface area contributed by atoms with Crippen molar-refractivity contribution in [2.24, 2.45) is 0 Å². The summed E-state index contributed by atoms with van der Waals surface area (Å²) >= 11 is 3.50. The summed E-state index contributed by atoms with van der Waals surface area (Å²) in [6.45, 7) is 8.03. The Kier molecular flexibility index (Phi) is 5.22. The number of halogens is 1. The van der Waals surface area contributed by atoms with Crippen molar-refractivity contribution in [2.75, 3.05) is 13.1 Å². The number of carbonyl (C=O) groups is 1. The first-order chi connectivity index (χ1) is 9.49. The van der Waals surface area contributed by atoms with E-state index in [-0.39, 0.29) is 11.9 Å². The quantitative estimate of drug-likeness (QED) is 0.912. The summed E-state index contributed by atoms with van der Waals surface area (Å²) in [5.41, 5.74) is 1.87. The number of benzene rings is 1. The van der Waals surface area contributed by atoms with Gasteiger partial charge < -0.3 is 10.2 Å². The molecule has 0 spiro atoms. The largest absolute Gasteiger partial charge is 0.335 e. The van der Waals surface area contributed by atoms with Gasteiger partial charge in [0.05, 0.1) is 5.56 Å². The van der Waals surface area contributed by atoms with Gasteiger partial charge in [-0.25, -0.2) is 0 Å². The third kappa shape index (κ3) is 3.61. The van der Waals surface area contributed by atoms with E-state index >= 15 is 0 Å². The summed E-state index contributed by atoms with van der Waals surface area (Å²) < 4.78 is 0.873. The van der Waals surface area contributed by atoms with Gasteiger partial charge in [0.1, 0.15) is 0 Å². The van der Waals surface area contributed by atoms with Gasteiger partial charge in [-0.3, -0.25) is 4.79 Å². The Labute approximate surface area is 129 Å². The molecular weight excluding hydrogens is 316 g/mol. The van der Waals surface area contributed by atoms with Gasteiger partial charge in [-0.1, -0.05) is 11.6 Å². The van der Waals surface area contributed by atoms with Gasteiger partial charge in [-0.05, 0) is 68.2 Å². The predicted molar refractivity (Wildman–Crippen MR) is 86.1 cm³/mol. The second-order valence-electron chi connectivity index (χ2n) is 5.83. The number of aryl methyl sites for hydroxylation is 1. The van der Waals surface area contributed by atoms with Gasteiger partial charge in [-0.15, -0.1) is 0 Å². The Bertz CT molecular complexity index is 481. The first kappa shape index (κ1) is 15.5. The van der Waals surface area contributed by atoms with E-state index < -0.39 is 0 Å². The summed E-state index contributed by atoms with van der Waals surface area (Å²) in [6.07, 6.45) is 2.37.